The molecule has 1 N–H and O–H groups in total. The Bertz CT molecular complexity index is 555. The number of halogens is 3. The number of nitrogens with one attached hydrogen (secondary N) is 1. The van der Waals surface area contributed by atoms with Crippen molar-refractivity contribution in [2.75, 3.05) is 7.05 Å². The molecule has 1 nitrogen and oxygen atoms in total. The summed E-state index contributed by atoms with van der Waals surface area (Å²) in [6, 6.07) is 14.6. The van der Waals surface area contributed by atoms with Crippen LogP contribution in [0.5, 0.6) is 0 Å². The first-order valence-electron chi connectivity index (χ1n) is 5.97. The number of likely N-dealkylation sites (N-methyl/N-ethyl adjacent to an activating group) is 1. The molecule has 0 bridgehead atoms. The Morgan fingerprint density at radius 1 is 1.11 bits per heavy atom. The molecule has 4 heteroatoms. The fraction of sp³-hybridized carbons (Fsp3) is 0.200. The first kappa shape index (κ1) is 15.0. The minimum Gasteiger partial charge on any atom is -0.313 e. The lowest BCUT2D eigenvalue weighted by Crippen LogP contribution is -2.19. The first-order valence-corrected chi connectivity index (χ1v) is 7.94. The summed E-state index contributed by atoms with van der Waals surface area (Å²) in [5, 5.41) is 4.11. The standard InChI is InChI=1S/C15H14Br2ClN/c1-19-14(9-10-5-7-11(16)8-6-10)12-3-2-4-13(17)15(12)18/h2-8,14,19H,9H2,1H3. The van der Waals surface area contributed by atoms with Crippen molar-refractivity contribution < 1.29 is 0 Å². The summed E-state index contributed by atoms with van der Waals surface area (Å²) in [5.41, 5.74) is 2.39. The lowest BCUT2D eigenvalue weighted by molar-refractivity contribution is 0.592. The molecule has 0 amide bonds. The van der Waals surface area contributed by atoms with E-state index in [1.807, 2.05) is 19.2 Å². The van der Waals surface area contributed by atoms with Crippen LogP contribution in [0.4, 0.5) is 0 Å². The predicted octanol–water partition coefficient (Wildman–Crippen LogP) is 5.37. The van der Waals surface area contributed by atoms with Crippen molar-refractivity contribution in [1.29, 1.82) is 0 Å². The van der Waals surface area contributed by atoms with Gasteiger partial charge in [0.15, 0.2) is 0 Å². The fourth-order valence-corrected chi connectivity index (χ4v) is 2.92. The van der Waals surface area contributed by atoms with Crippen LogP contribution >= 0.6 is 43.5 Å². The molecule has 0 aliphatic carbocycles. The minimum atomic E-state index is 0.200. The summed E-state index contributed by atoms with van der Waals surface area (Å²) in [6.45, 7) is 0. The Labute approximate surface area is 135 Å². The molecule has 0 aliphatic rings. The highest BCUT2D eigenvalue weighted by molar-refractivity contribution is 9.10. The van der Waals surface area contributed by atoms with Crippen LogP contribution in [0, 0.1) is 0 Å². The van der Waals surface area contributed by atoms with Gasteiger partial charge in [-0.3, -0.25) is 0 Å². The summed E-state index contributed by atoms with van der Waals surface area (Å²) in [4.78, 5) is 0. The summed E-state index contributed by atoms with van der Waals surface area (Å²) in [7, 11) is 1.96. The van der Waals surface area contributed by atoms with E-state index in [2.05, 4.69) is 67.5 Å². The van der Waals surface area contributed by atoms with Crippen molar-refractivity contribution in [1.82, 2.24) is 5.32 Å². The van der Waals surface area contributed by atoms with E-state index in [9.17, 15) is 0 Å². The molecule has 0 aromatic heterocycles. The van der Waals surface area contributed by atoms with Crippen LogP contribution in [0.1, 0.15) is 17.2 Å². The van der Waals surface area contributed by atoms with E-state index in [0.29, 0.717) is 0 Å². The highest BCUT2D eigenvalue weighted by Crippen LogP contribution is 2.31. The molecular weight excluding hydrogens is 389 g/mol. The molecule has 19 heavy (non-hydrogen) atoms. The van der Waals surface area contributed by atoms with Crippen LogP contribution in [0.2, 0.25) is 5.02 Å². The average Bonchev–Trinajstić information content (AvgIpc) is 2.42. The molecule has 0 spiro atoms. The van der Waals surface area contributed by atoms with Gasteiger partial charge in [0.25, 0.3) is 0 Å². The van der Waals surface area contributed by atoms with Crippen molar-refractivity contribution in [3.63, 3.8) is 0 Å². The van der Waals surface area contributed by atoms with E-state index in [4.69, 9.17) is 11.6 Å². The first-order chi connectivity index (χ1) is 9.11. The van der Waals surface area contributed by atoms with Gasteiger partial charge >= 0.3 is 0 Å². The maximum absolute atomic E-state index is 6.36. The third-order valence-electron chi connectivity index (χ3n) is 3.06. The quantitative estimate of drug-likeness (QED) is 0.724. The van der Waals surface area contributed by atoms with Crippen molar-refractivity contribution in [3.05, 3.63) is 67.6 Å². The summed E-state index contributed by atoms with van der Waals surface area (Å²) in [5.74, 6) is 0. The van der Waals surface area contributed by atoms with E-state index >= 15 is 0 Å². The second-order valence-electron chi connectivity index (χ2n) is 4.31. The normalized spacial score (nSPS) is 12.4. The molecule has 2 rings (SSSR count). The van der Waals surface area contributed by atoms with Gasteiger partial charge in [-0.25, -0.2) is 0 Å². The van der Waals surface area contributed by atoms with Gasteiger partial charge in [-0.15, -0.1) is 0 Å². The molecule has 1 unspecified atom stereocenters. The van der Waals surface area contributed by atoms with Crippen LogP contribution in [0.25, 0.3) is 0 Å². The van der Waals surface area contributed by atoms with Gasteiger partial charge in [-0.2, -0.15) is 0 Å². The average molecular weight is 404 g/mol. The molecule has 0 heterocycles. The highest BCUT2D eigenvalue weighted by Gasteiger charge is 2.15. The molecule has 0 aliphatic heterocycles. The third-order valence-corrected chi connectivity index (χ3v) is 4.90. The van der Waals surface area contributed by atoms with Gasteiger partial charge in [0, 0.05) is 15.0 Å². The smallest absolute Gasteiger partial charge is 0.0595 e. The van der Waals surface area contributed by atoms with Crippen molar-refractivity contribution in [2.45, 2.75) is 12.5 Å². The number of rotatable bonds is 4. The Hall–Kier alpha value is -0.350. The van der Waals surface area contributed by atoms with Gasteiger partial charge in [0.1, 0.15) is 0 Å². The molecule has 0 saturated heterocycles. The lowest BCUT2D eigenvalue weighted by Gasteiger charge is -2.19. The highest BCUT2D eigenvalue weighted by atomic mass is 79.9. The molecule has 0 fully saturated rings. The van der Waals surface area contributed by atoms with E-state index in [-0.39, 0.29) is 6.04 Å². The van der Waals surface area contributed by atoms with Crippen LogP contribution in [-0.4, -0.2) is 7.05 Å². The Morgan fingerprint density at radius 2 is 1.79 bits per heavy atom. The molecule has 1 atom stereocenters. The van der Waals surface area contributed by atoms with Crippen LogP contribution in [0.15, 0.2) is 51.4 Å². The molecule has 2 aromatic rings. The molecule has 2 aromatic carbocycles. The summed E-state index contributed by atoms with van der Waals surface area (Å²) < 4.78 is 2.03. The topological polar surface area (TPSA) is 12.0 Å². The van der Waals surface area contributed by atoms with E-state index in [0.717, 1.165) is 26.0 Å². The molecule has 100 valence electrons. The minimum absolute atomic E-state index is 0.200. The number of benzene rings is 2. The summed E-state index contributed by atoms with van der Waals surface area (Å²) >= 11 is 13.3. The third kappa shape index (κ3) is 3.82. The maximum Gasteiger partial charge on any atom is 0.0595 e. The van der Waals surface area contributed by atoms with Gasteiger partial charge in [-0.05, 0) is 58.7 Å². The van der Waals surface area contributed by atoms with Crippen molar-refractivity contribution in [2.24, 2.45) is 0 Å². The van der Waals surface area contributed by atoms with E-state index in [1.54, 1.807) is 0 Å². The number of hydrogen-bond donors (Lipinski definition) is 1. The van der Waals surface area contributed by atoms with Gasteiger partial charge in [-0.1, -0.05) is 51.8 Å². The number of hydrogen-bond acceptors (Lipinski definition) is 1. The monoisotopic (exact) mass is 401 g/mol. The van der Waals surface area contributed by atoms with E-state index in [1.165, 1.54) is 5.56 Å². The predicted molar refractivity (Wildman–Crippen MR) is 88.8 cm³/mol. The zero-order valence-corrected chi connectivity index (χ0v) is 14.4. The molecule has 0 saturated carbocycles. The second kappa shape index (κ2) is 6.89. The van der Waals surface area contributed by atoms with Gasteiger partial charge in [0.05, 0.1) is 5.02 Å². The fourth-order valence-electron chi connectivity index (χ4n) is 2.01. The van der Waals surface area contributed by atoms with Crippen LogP contribution in [0.3, 0.4) is 0 Å². The largest absolute Gasteiger partial charge is 0.313 e. The van der Waals surface area contributed by atoms with Gasteiger partial charge < -0.3 is 5.32 Å². The lowest BCUT2D eigenvalue weighted by atomic mass is 9.99. The Balaban J connectivity index is 2.25. The van der Waals surface area contributed by atoms with Gasteiger partial charge in [0.2, 0.25) is 0 Å². The molecular formula is C15H14Br2ClN. The van der Waals surface area contributed by atoms with Crippen LogP contribution in [-0.2, 0) is 6.42 Å². The Kier molecular flexibility index (Phi) is 5.46. The zero-order valence-electron chi connectivity index (χ0n) is 10.5. The van der Waals surface area contributed by atoms with Crippen molar-refractivity contribution >= 4 is 43.5 Å². The second-order valence-corrected chi connectivity index (χ2v) is 6.46. The Morgan fingerprint density at radius 3 is 2.42 bits per heavy atom. The van der Waals surface area contributed by atoms with E-state index < -0.39 is 0 Å². The SMILES string of the molecule is CNC(Cc1ccc(Br)cc1)c1cccc(Br)c1Cl. The maximum atomic E-state index is 6.36. The zero-order chi connectivity index (χ0) is 13.8. The van der Waals surface area contributed by atoms with Crippen molar-refractivity contribution in [3.8, 4) is 0 Å². The molecule has 0 radical (unpaired) electrons. The van der Waals surface area contributed by atoms with Crippen LogP contribution < -0.4 is 5.32 Å². The summed E-state index contributed by atoms with van der Waals surface area (Å²) in [6.07, 6.45) is 0.903.